The Morgan fingerprint density at radius 2 is 1.93 bits per heavy atom. The normalized spacial score (nSPS) is 18.4. The maximum absolute atomic E-state index is 3.87. The summed E-state index contributed by atoms with van der Waals surface area (Å²) in [6, 6.07) is 0. The summed E-state index contributed by atoms with van der Waals surface area (Å²) in [5.74, 6) is 0. The third-order valence-corrected chi connectivity index (χ3v) is 2.45. The monoisotopic (exact) mass is 207 g/mol. The molecule has 0 N–H and O–H groups in total. The van der Waals surface area contributed by atoms with Gasteiger partial charge in [0.05, 0.1) is 0 Å². The van der Waals surface area contributed by atoms with E-state index in [0.717, 1.165) is 6.54 Å². The zero-order chi connectivity index (χ0) is 11.7. The van der Waals surface area contributed by atoms with Gasteiger partial charge in [-0.1, -0.05) is 38.7 Å². The Morgan fingerprint density at radius 3 is 2.47 bits per heavy atom. The number of nitrogens with zero attached hydrogens (tertiary/aromatic N) is 1. The summed E-state index contributed by atoms with van der Waals surface area (Å²) in [6.07, 6.45) is 8.78. The molecule has 0 aromatic carbocycles. The second-order valence-corrected chi connectivity index (χ2v) is 3.60. The Bertz CT molecular complexity index is 236. The van der Waals surface area contributed by atoms with E-state index < -0.39 is 0 Å². The lowest BCUT2D eigenvalue weighted by Crippen LogP contribution is -2.20. The Morgan fingerprint density at radius 1 is 1.27 bits per heavy atom. The summed E-state index contributed by atoms with van der Waals surface area (Å²) in [4.78, 5) is 2.35. The summed E-state index contributed by atoms with van der Waals surface area (Å²) < 4.78 is 0. The lowest BCUT2D eigenvalue weighted by Gasteiger charge is -2.13. The van der Waals surface area contributed by atoms with E-state index in [4.69, 9.17) is 0 Å². The molecular formula is C14H25N. The predicted molar refractivity (Wildman–Crippen MR) is 70.1 cm³/mol. The second-order valence-electron chi connectivity index (χ2n) is 3.60. The summed E-state index contributed by atoms with van der Waals surface area (Å²) in [6.45, 7) is 12.2. The molecule has 0 amide bonds. The van der Waals surface area contributed by atoms with Crippen LogP contribution in [0.1, 0.15) is 33.6 Å². The van der Waals surface area contributed by atoms with Crippen LogP contribution in [0.2, 0.25) is 0 Å². The quantitative estimate of drug-likeness (QED) is 0.666. The SMILES string of the molecule is C=CC1=C(/C=C\C)CCCN(C)C1.CC. The highest BCUT2D eigenvalue weighted by molar-refractivity contribution is 5.34. The molecule has 0 radical (unpaired) electrons. The van der Waals surface area contributed by atoms with Crippen molar-refractivity contribution in [3.8, 4) is 0 Å². The molecule has 15 heavy (non-hydrogen) atoms. The Labute approximate surface area is 95.2 Å². The number of likely N-dealkylation sites (N-methyl/N-ethyl adjacent to an activating group) is 1. The van der Waals surface area contributed by atoms with Crippen LogP contribution in [0.3, 0.4) is 0 Å². The Balaban J connectivity index is 0.000000921. The first-order valence-corrected chi connectivity index (χ1v) is 5.93. The topological polar surface area (TPSA) is 3.24 Å². The van der Waals surface area contributed by atoms with Gasteiger partial charge in [0.25, 0.3) is 0 Å². The molecule has 0 bridgehead atoms. The first-order chi connectivity index (χ1) is 7.27. The van der Waals surface area contributed by atoms with E-state index in [-0.39, 0.29) is 0 Å². The molecule has 0 fully saturated rings. The minimum absolute atomic E-state index is 1.04. The van der Waals surface area contributed by atoms with Crippen LogP contribution in [-0.4, -0.2) is 25.0 Å². The smallest absolute Gasteiger partial charge is 0.0233 e. The van der Waals surface area contributed by atoms with Gasteiger partial charge >= 0.3 is 0 Å². The minimum Gasteiger partial charge on any atom is -0.302 e. The summed E-state index contributed by atoms with van der Waals surface area (Å²) in [7, 11) is 2.17. The van der Waals surface area contributed by atoms with Crippen molar-refractivity contribution in [3.05, 3.63) is 36.0 Å². The Hall–Kier alpha value is -0.820. The van der Waals surface area contributed by atoms with Crippen molar-refractivity contribution in [2.45, 2.75) is 33.6 Å². The van der Waals surface area contributed by atoms with Gasteiger partial charge < -0.3 is 4.90 Å². The summed E-state index contributed by atoms with van der Waals surface area (Å²) in [5, 5.41) is 0. The molecule has 1 heterocycles. The predicted octanol–water partition coefficient (Wildman–Crippen LogP) is 3.80. The molecule has 1 aliphatic rings. The van der Waals surface area contributed by atoms with E-state index in [1.54, 1.807) is 0 Å². The number of hydrogen-bond donors (Lipinski definition) is 0. The van der Waals surface area contributed by atoms with Crippen molar-refractivity contribution in [3.63, 3.8) is 0 Å². The van der Waals surface area contributed by atoms with Gasteiger partial charge in [0.1, 0.15) is 0 Å². The maximum Gasteiger partial charge on any atom is 0.0233 e. The zero-order valence-electron chi connectivity index (χ0n) is 10.7. The molecule has 1 rings (SSSR count). The van der Waals surface area contributed by atoms with Crippen LogP contribution in [0.15, 0.2) is 36.0 Å². The highest BCUT2D eigenvalue weighted by Gasteiger charge is 2.09. The summed E-state index contributed by atoms with van der Waals surface area (Å²) >= 11 is 0. The fourth-order valence-corrected chi connectivity index (χ4v) is 1.76. The second kappa shape index (κ2) is 8.49. The van der Waals surface area contributed by atoms with Gasteiger partial charge in [0, 0.05) is 6.54 Å². The van der Waals surface area contributed by atoms with Crippen molar-refractivity contribution >= 4 is 0 Å². The van der Waals surface area contributed by atoms with Crippen LogP contribution >= 0.6 is 0 Å². The van der Waals surface area contributed by atoms with Crippen LogP contribution in [0.5, 0.6) is 0 Å². The van der Waals surface area contributed by atoms with Crippen molar-refractivity contribution in [1.82, 2.24) is 4.90 Å². The van der Waals surface area contributed by atoms with E-state index in [1.807, 2.05) is 19.9 Å². The lowest BCUT2D eigenvalue weighted by molar-refractivity contribution is 0.368. The fourth-order valence-electron chi connectivity index (χ4n) is 1.76. The van der Waals surface area contributed by atoms with Gasteiger partial charge in [0.15, 0.2) is 0 Å². The van der Waals surface area contributed by atoms with Gasteiger partial charge in [0.2, 0.25) is 0 Å². The van der Waals surface area contributed by atoms with Gasteiger partial charge in [-0.15, -0.1) is 0 Å². The van der Waals surface area contributed by atoms with E-state index in [9.17, 15) is 0 Å². The van der Waals surface area contributed by atoms with Crippen LogP contribution in [0.25, 0.3) is 0 Å². The minimum atomic E-state index is 1.04. The fraction of sp³-hybridized carbons (Fsp3) is 0.571. The lowest BCUT2D eigenvalue weighted by atomic mass is 10.0. The number of allylic oxidation sites excluding steroid dienone is 3. The highest BCUT2D eigenvalue weighted by atomic mass is 15.1. The molecule has 1 aliphatic heterocycles. The highest BCUT2D eigenvalue weighted by Crippen LogP contribution is 2.18. The van der Waals surface area contributed by atoms with Crippen LogP contribution < -0.4 is 0 Å². The first-order valence-electron chi connectivity index (χ1n) is 5.93. The zero-order valence-corrected chi connectivity index (χ0v) is 10.7. The average molecular weight is 207 g/mol. The molecule has 86 valence electrons. The molecule has 0 atom stereocenters. The molecule has 0 saturated carbocycles. The molecular weight excluding hydrogens is 182 g/mol. The number of rotatable bonds is 2. The van der Waals surface area contributed by atoms with Crippen LogP contribution in [0.4, 0.5) is 0 Å². The van der Waals surface area contributed by atoms with E-state index >= 15 is 0 Å². The standard InChI is InChI=1S/C12H19N.C2H6/c1-4-7-12-8-6-9-13(3)10-11(12)5-2;1-2/h4-5,7H,2,6,8-10H2,1,3H3;1-2H3/b7-4-;. The largest absolute Gasteiger partial charge is 0.302 e. The maximum atomic E-state index is 3.87. The van der Waals surface area contributed by atoms with Crippen molar-refractivity contribution in [2.24, 2.45) is 0 Å². The van der Waals surface area contributed by atoms with Crippen LogP contribution in [0, 0.1) is 0 Å². The molecule has 0 aromatic rings. The van der Waals surface area contributed by atoms with Gasteiger partial charge in [-0.25, -0.2) is 0 Å². The first kappa shape index (κ1) is 14.2. The molecule has 0 aliphatic carbocycles. The third kappa shape index (κ3) is 4.98. The van der Waals surface area contributed by atoms with E-state index in [1.165, 1.54) is 30.5 Å². The molecule has 0 spiro atoms. The molecule has 0 unspecified atom stereocenters. The molecule has 1 heteroatoms. The van der Waals surface area contributed by atoms with Gasteiger partial charge in [-0.3, -0.25) is 0 Å². The third-order valence-electron chi connectivity index (χ3n) is 2.45. The molecule has 0 saturated heterocycles. The average Bonchev–Trinajstić information content (AvgIpc) is 2.44. The van der Waals surface area contributed by atoms with Gasteiger partial charge in [-0.2, -0.15) is 0 Å². The van der Waals surface area contributed by atoms with Crippen LogP contribution in [-0.2, 0) is 0 Å². The summed E-state index contributed by atoms with van der Waals surface area (Å²) in [5.41, 5.74) is 2.85. The van der Waals surface area contributed by atoms with Crippen molar-refractivity contribution < 1.29 is 0 Å². The van der Waals surface area contributed by atoms with Crippen molar-refractivity contribution in [1.29, 1.82) is 0 Å². The van der Waals surface area contributed by atoms with Crippen molar-refractivity contribution in [2.75, 3.05) is 20.1 Å². The van der Waals surface area contributed by atoms with Gasteiger partial charge in [-0.05, 0) is 44.5 Å². The Kier molecular flexibility index (Phi) is 8.02. The van der Waals surface area contributed by atoms with E-state index in [0.29, 0.717) is 0 Å². The number of hydrogen-bond acceptors (Lipinski definition) is 1. The molecule has 1 nitrogen and oxygen atoms in total. The van der Waals surface area contributed by atoms with E-state index in [2.05, 4.69) is 37.6 Å². The molecule has 0 aromatic heterocycles.